The zero-order chi connectivity index (χ0) is 13.0. The fraction of sp³-hybridized carbons (Fsp3) is 0.231. The Bertz CT molecular complexity index is 522. The second-order valence-electron chi connectivity index (χ2n) is 3.95. The number of carbonyl (C=O) groups is 1. The Kier molecular flexibility index (Phi) is 3.74. The third kappa shape index (κ3) is 2.75. The minimum absolute atomic E-state index is 0.105. The summed E-state index contributed by atoms with van der Waals surface area (Å²) in [5.74, 6) is 0.618. The van der Waals surface area contributed by atoms with Crippen LogP contribution in [0.3, 0.4) is 0 Å². The van der Waals surface area contributed by atoms with Crippen LogP contribution < -0.4 is 11.1 Å². The Balaban J connectivity index is 2.03. The van der Waals surface area contributed by atoms with Gasteiger partial charge in [-0.2, -0.15) is 0 Å². The molecule has 1 amide bonds. The first-order valence-electron chi connectivity index (χ1n) is 5.70. The van der Waals surface area contributed by atoms with Gasteiger partial charge in [0.05, 0.1) is 12.6 Å². The zero-order valence-electron chi connectivity index (χ0n) is 10.1. The third-order valence-corrected chi connectivity index (χ3v) is 2.64. The van der Waals surface area contributed by atoms with Crippen molar-refractivity contribution in [1.82, 2.24) is 10.3 Å². The number of aromatic nitrogens is 1. The molecule has 2 aromatic rings. The van der Waals surface area contributed by atoms with Gasteiger partial charge in [0, 0.05) is 12.4 Å². The van der Waals surface area contributed by atoms with Crippen LogP contribution in [0.5, 0.6) is 0 Å². The summed E-state index contributed by atoms with van der Waals surface area (Å²) in [6.07, 6.45) is 3.38. The summed E-state index contributed by atoms with van der Waals surface area (Å²) in [5, 5.41) is 2.85. The third-order valence-electron chi connectivity index (χ3n) is 2.64. The maximum absolute atomic E-state index is 11.9. The second kappa shape index (κ2) is 5.46. The van der Waals surface area contributed by atoms with E-state index < -0.39 is 0 Å². The van der Waals surface area contributed by atoms with Gasteiger partial charge in [0.25, 0.3) is 5.91 Å². The van der Waals surface area contributed by atoms with Crippen molar-refractivity contribution >= 4 is 5.91 Å². The number of hydrogen-bond acceptors (Lipinski definition) is 4. The Hall–Kier alpha value is -2.14. The van der Waals surface area contributed by atoms with Crippen molar-refractivity contribution in [2.24, 2.45) is 5.73 Å². The molecule has 18 heavy (non-hydrogen) atoms. The smallest absolute Gasteiger partial charge is 0.287 e. The summed E-state index contributed by atoms with van der Waals surface area (Å²) >= 11 is 0. The quantitative estimate of drug-likeness (QED) is 0.857. The number of furan rings is 1. The monoisotopic (exact) mass is 245 g/mol. The Morgan fingerprint density at radius 1 is 1.39 bits per heavy atom. The predicted octanol–water partition coefficient (Wildman–Crippen LogP) is 1.62. The molecule has 0 spiro atoms. The standard InChI is InChI=1S/C13H15N3O2/c1-9(10-4-6-15-7-5-10)16-13(17)12-3-2-11(8-14)18-12/h2-7,9H,8,14H2,1H3,(H,16,17)/t9-/m1/s1. The first-order valence-corrected chi connectivity index (χ1v) is 5.70. The SMILES string of the molecule is C[C@@H](NC(=O)c1ccc(CN)o1)c1ccncc1. The molecule has 94 valence electrons. The fourth-order valence-corrected chi connectivity index (χ4v) is 1.61. The van der Waals surface area contributed by atoms with Gasteiger partial charge in [0.2, 0.25) is 0 Å². The van der Waals surface area contributed by atoms with Crippen molar-refractivity contribution in [3.05, 3.63) is 53.7 Å². The van der Waals surface area contributed by atoms with Crippen LogP contribution in [-0.2, 0) is 6.54 Å². The summed E-state index contributed by atoms with van der Waals surface area (Å²) in [6, 6.07) is 6.94. The van der Waals surface area contributed by atoms with E-state index in [-0.39, 0.29) is 24.3 Å². The fourth-order valence-electron chi connectivity index (χ4n) is 1.61. The highest BCUT2D eigenvalue weighted by atomic mass is 16.4. The van der Waals surface area contributed by atoms with Crippen LogP contribution in [0.1, 0.15) is 34.8 Å². The van der Waals surface area contributed by atoms with E-state index in [1.165, 1.54) is 0 Å². The lowest BCUT2D eigenvalue weighted by atomic mass is 10.1. The van der Waals surface area contributed by atoms with Crippen molar-refractivity contribution in [1.29, 1.82) is 0 Å². The van der Waals surface area contributed by atoms with Gasteiger partial charge in [-0.25, -0.2) is 0 Å². The van der Waals surface area contributed by atoms with Gasteiger partial charge in [0.15, 0.2) is 5.76 Å². The molecule has 0 saturated heterocycles. The number of nitrogens with one attached hydrogen (secondary N) is 1. The predicted molar refractivity (Wildman–Crippen MR) is 66.7 cm³/mol. The van der Waals surface area contributed by atoms with Crippen LogP contribution in [0, 0.1) is 0 Å². The van der Waals surface area contributed by atoms with E-state index in [9.17, 15) is 4.79 Å². The van der Waals surface area contributed by atoms with Gasteiger partial charge in [0.1, 0.15) is 5.76 Å². The highest BCUT2D eigenvalue weighted by Crippen LogP contribution is 2.13. The summed E-state index contributed by atoms with van der Waals surface area (Å²) < 4.78 is 5.28. The molecular weight excluding hydrogens is 230 g/mol. The molecule has 2 aromatic heterocycles. The van der Waals surface area contributed by atoms with Crippen molar-refractivity contribution in [2.45, 2.75) is 19.5 Å². The van der Waals surface area contributed by atoms with E-state index in [4.69, 9.17) is 10.2 Å². The highest BCUT2D eigenvalue weighted by Gasteiger charge is 2.14. The highest BCUT2D eigenvalue weighted by molar-refractivity contribution is 5.91. The lowest BCUT2D eigenvalue weighted by Crippen LogP contribution is -2.26. The molecular formula is C13H15N3O2. The summed E-state index contributed by atoms with van der Waals surface area (Å²) in [6.45, 7) is 2.19. The number of amides is 1. The van der Waals surface area contributed by atoms with Gasteiger partial charge in [-0.15, -0.1) is 0 Å². The average molecular weight is 245 g/mol. The number of carbonyl (C=O) groups excluding carboxylic acids is 1. The first kappa shape index (κ1) is 12.3. The number of rotatable bonds is 4. The molecule has 0 aromatic carbocycles. The van der Waals surface area contributed by atoms with Crippen molar-refractivity contribution in [2.75, 3.05) is 0 Å². The topological polar surface area (TPSA) is 81.2 Å². The first-order chi connectivity index (χ1) is 8.70. The second-order valence-corrected chi connectivity index (χ2v) is 3.95. The average Bonchev–Trinajstić information content (AvgIpc) is 2.88. The number of nitrogens with two attached hydrogens (primary N) is 1. The van der Waals surface area contributed by atoms with Crippen molar-refractivity contribution < 1.29 is 9.21 Å². The normalized spacial score (nSPS) is 12.1. The zero-order valence-corrected chi connectivity index (χ0v) is 10.1. The summed E-state index contributed by atoms with van der Waals surface area (Å²) in [4.78, 5) is 15.8. The van der Waals surface area contributed by atoms with Crippen LogP contribution in [0.25, 0.3) is 0 Å². The number of pyridine rings is 1. The molecule has 0 unspecified atom stereocenters. The lowest BCUT2D eigenvalue weighted by molar-refractivity contribution is 0.0910. The number of nitrogens with zero attached hydrogens (tertiary/aromatic N) is 1. The molecule has 0 radical (unpaired) electrons. The minimum Gasteiger partial charge on any atom is -0.455 e. The van der Waals surface area contributed by atoms with Gasteiger partial charge >= 0.3 is 0 Å². The van der Waals surface area contributed by atoms with E-state index in [0.717, 1.165) is 5.56 Å². The van der Waals surface area contributed by atoms with E-state index in [0.29, 0.717) is 5.76 Å². The summed E-state index contributed by atoms with van der Waals surface area (Å²) in [7, 11) is 0. The molecule has 2 heterocycles. The Morgan fingerprint density at radius 2 is 2.11 bits per heavy atom. The van der Waals surface area contributed by atoms with Crippen LogP contribution in [-0.4, -0.2) is 10.9 Å². The molecule has 0 aliphatic rings. The Morgan fingerprint density at radius 3 is 2.72 bits per heavy atom. The maximum Gasteiger partial charge on any atom is 0.287 e. The molecule has 3 N–H and O–H groups in total. The van der Waals surface area contributed by atoms with E-state index in [1.807, 2.05) is 19.1 Å². The molecule has 5 nitrogen and oxygen atoms in total. The van der Waals surface area contributed by atoms with Crippen molar-refractivity contribution in [3.8, 4) is 0 Å². The van der Waals surface area contributed by atoms with E-state index >= 15 is 0 Å². The lowest BCUT2D eigenvalue weighted by Gasteiger charge is -2.12. The molecule has 0 bridgehead atoms. The number of hydrogen-bond donors (Lipinski definition) is 2. The van der Waals surface area contributed by atoms with Crippen LogP contribution in [0.4, 0.5) is 0 Å². The van der Waals surface area contributed by atoms with Crippen LogP contribution >= 0.6 is 0 Å². The Labute approximate surface area is 105 Å². The molecule has 0 saturated carbocycles. The minimum atomic E-state index is -0.251. The van der Waals surface area contributed by atoms with Gasteiger partial charge in [-0.3, -0.25) is 9.78 Å². The molecule has 0 aliphatic carbocycles. The molecule has 1 atom stereocenters. The van der Waals surface area contributed by atoms with Gasteiger partial charge in [-0.1, -0.05) is 0 Å². The van der Waals surface area contributed by atoms with Gasteiger partial charge in [-0.05, 0) is 36.8 Å². The molecule has 0 aliphatic heterocycles. The maximum atomic E-state index is 11.9. The summed E-state index contributed by atoms with van der Waals surface area (Å²) in [5.41, 5.74) is 6.41. The largest absolute Gasteiger partial charge is 0.455 e. The molecule has 5 heteroatoms. The van der Waals surface area contributed by atoms with Gasteiger partial charge < -0.3 is 15.5 Å². The molecule has 2 rings (SSSR count). The van der Waals surface area contributed by atoms with Crippen molar-refractivity contribution in [3.63, 3.8) is 0 Å². The van der Waals surface area contributed by atoms with Crippen LogP contribution in [0.2, 0.25) is 0 Å². The van der Waals surface area contributed by atoms with E-state index in [1.54, 1.807) is 24.5 Å². The molecule has 0 fully saturated rings. The van der Waals surface area contributed by atoms with Crippen LogP contribution in [0.15, 0.2) is 41.1 Å². The van der Waals surface area contributed by atoms with E-state index in [2.05, 4.69) is 10.3 Å².